The van der Waals surface area contributed by atoms with Gasteiger partial charge in [0.25, 0.3) is 0 Å². The van der Waals surface area contributed by atoms with Crippen LogP contribution in [0.5, 0.6) is 0 Å². The molecule has 0 aromatic rings. The SMILES string of the molecule is COC(=O)NC(C)C(=O)NCC1(N2CCCCC2)CCCCC1. The van der Waals surface area contributed by atoms with Crippen molar-refractivity contribution in [3.8, 4) is 0 Å². The highest BCUT2D eigenvalue weighted by molar-refractivity contribution is 5.85. The minimum Gasteiger partial charge on any atom is -0.453 e. The lowest BCUT2D eigenvalue weighted by atomic mass is 9.79. The fourth-order valence-electron chi connectivity index (χ4n) is 3.89. The van der Waals surface area contributed by atoms with Crippen LogP contribution < -0.4 is 10.6 Å². The Morgan fingerprint density at radius 2 is 1.70 bits per heavy atom. The molecule has 6 nitrogen and oxygen atoms in total. The molecule has 1 unspecified atom stereocenters. The van der Waals surface area contributed by atoms with Gasteiger partial charge in [0, 0.05) is 12.1 Å². The highest BCUT2D eigenvalue weighted by Crippen LogP contribution is 2.35. The predicted molar refractivity (Wildman–Crippen MR) is 89.3 cm³/mol. The van der Waals surface area contributed by atoms with E-state index in [1.807, 2.05) is 0 Å². The number of carbonyl (C=O) groups is 2. The summed E-state index contributed by atoms with van der Waals surface area (Å²) in [7, 11) is 1.30. The largest absolute Gasteiger partial charge is 0.453 e. The van der Waals surface area contributed by atoms with Gasteiger partial charge in [-0.3, -0.25) is 9.69 Å². The van der Waals surface area contributed by atoms with E-state index in [1.165, 1.54) is 45.6 Å². The van der Waals surface area contributed by atoms with Gasteiger partial charge >= 0.3 is 6.09 Å². The van der Waals surface area contributed by atoms with Gasteiger partial charge in [-0.25, -0.2) is 4.79 Å². The Labute approximate surface area is 139 Å². The van der Waals surface area contributed by atoms with Crippen molar-refractivity contribution in [2.45, 2.75) is 69.9 Å². The normalized spacial score (nSPS) is 22.9. The Hall–Kier alpha value is -1.30. The molecule has 23 heavy (non-hydrogen) atoms. The molecule has 1 aliphatic heterocycles. The van der Waals surface area contributed by atoms with Crippen LogP contribution in [-0.4, -0.2) is 55.2 Å². The zero-order valence-electron chi connectivity index (χ0n) is 14.5. The van der Waals surface area contributed by atoms with Crippen molar-refractivity contribution in [1.82, 2.24) is 15.5 Å². The van der Waals surface area contributed by atoms with Crippen molar-refractivity contribution in [3.63, 3.8) is 0 Å². The van der Waals surface area contributed by atoms with Gasteiger partial charge in [0.2, 0.25) is 5.91 Å². The fraction of sp³-hybridized carbons (Fsp3) is 0.882. The number of amides is 2. The summed E-state index contributed by atoms with van der Waals surface area (Å²) < 4.78 is 4.54. The minimum absolute atomic E-state index is 0.110. The molecule has 2 N–H and O–H groups in total. The maximum atomic E-state index is 12.3. The van der Waals surface area contributed by atoms with Crippen molar-refractivity contribution in [3.05, 3.63) is 0 Å². The third-order valence-electron chi connectivity index (χ3n) is 5.32. The van der Waals surface area contributed by atoms with Crippen molar-refractivity contribution >= 4 is 12.0 Å². The molecule has 1 saturated heterocycles. The maximum Gasteiger partial charge on any atom is 0.407 e. The average molecular weight is 325 g/mol. The van der Waals surface area contributed by atoms with Crippen LogP contribution in [0.2, 0.25) is 0 Å². The van der Waals surface area contributed by atoms with Gasteiger partial charge in [-0.2, -0.15) is 0 Å². The number of piperidine rings is 1. The fourth-order valence-corrected chi connectivity index (χ4v) is 3.89. The van der Waals surface area contributed by atoms with Gasteiger partial charge in [0.1, 0.15) is 6.04 Å². The van der Waals surface area contributed by atoms with Crippen LogP contribution in [0.15, 0.2) is 0 Å². The summed E-state index contributed by atoms with van der Waals surface area (Å²) in [6.45, 7) is 4.65. The Morgan fingerprint density at radius 3 is 2.30 bits per heavy atom. The quantitative estimate of drug-likeness (QED) is 0.811. The molecule has 0 bridgehead atoms. The van der Waals surface area contributed by atoms with Crippen molar-refractivity contribution < 1.29 is 14.3 Å². The Kier molecular flexibility index (Phi) is 6.69. The maximum absolute atomic E-state index is 12.3. The summed E-state index contributed by atoms with van der Waals surface area (Å²) in [5.41, 5.74) is 0.110. The van der Waals surface area contributed by atoms with Gasteiger partial charge in [-0.15, -0.1) is 0 Å². The van der Waals surface area contributed by atoms with Crippen LogP contribution in [-0.2, 0) is 9.53 Å². The summed E-state index contributed by atoms with van der Waals surface area (Å²) in [5.74, 6) is -0.141. The molecule has 132 valence electrons. The molecule has 1 aliphatic carbocycles. The zero-order valence-corrected chi connectivity index (χ0v) is 14.5. The molecule has 2 aliphatic rings. The molecule has 6 heteroatoms. The first kappa shape index (κ1) is 18.0. The van der Waals surface area contributed by atoms with Gasteiger partial charge in [0.05, 0.1) is 7.11 Å². The number of alkyl carbamates (subject to hydrolysis) is 1. The molecule has 2 amide bonds. The predicted octanol–water partition coefficient (Wildman–Crippen LogP) is 2.04. The molecule has 0 spiro atoms. The van der Waals surface area contributed by atoms with E-state index in [9.17, 15) is 9.59 Å². The van der Waals surface area contributed by atoms with E-state index in [0.717, 1.165) is 25.9 Å². The summed E-state index contributed by atoms with van der Waals surface area (Å²) in [6, 6.07) is -0.579. The van der Waals surface area contributed by atoms with Gasteiger partial charge < -0.3 is 15.4 Å². The third-order valence-corrected chi connectivity index (χ3v) is 5.32. The molecule has 0 radical (unpaired) electrons. The van der Waals surface area contributed by atoms with Crippen LogP contribution in [0.4, 0.5) is 4.79 Å². The molecule has 2 fully saturated rings. The van der Waals surface area contributed by atoms with Crippen molar-refractivity contribution in [2.75, 3.05) is 26.7 Å². The van der Waals surface area contributed by atoms with E-state index in [-0.39, 0.29) is 11.4 Å². The highest BCUT2D eigenvalue weighted by Gasteiger charge is 2.38. The van der Waals surface area contributed by atoms with E-state index in [0.29, 0.717) is 6.54 Å². The first-order chi connectivity index (χ1) is 11.1. The summed E-state index contributed by atoms with van der Waals surface area (Å²) in [6.07, 6.45) is 9.36. The number of nitrogens with one attached hydrogen (secondary N) is 2. The van der Waals surface area contributed by atoms with Gasteiger partial charge in [-0.1, -0.05) is 25.7 Å². The number of hydrogen-bond donors (Lipinski definition) is 2. The van der Waals surface area contributed by atoms with E-state index in [2.05, 4.69) is 20.3 Å². The second-order valence-electron chi connectivity index (χ2n) is 6.91. The Morgan fingerprint density at radius 1 is 1.09 bits per heavy atom. The zero-order chi connectivity index (χ0) is 16.7. The van der Waals surface area contributed by atoms with Crippen LogP contribution in [0.25, 0.3) is 0 Å². The van der Waals surface area contributed by atoms with Crippen LogP contribution in [0.1, 0.15) is 58.3 Å². The minimum atomic E-state index is -0.579. The van der Waals surface area contributed by atoms with Crippen LogP contribution in [0.3, 0.4) is 0 Å². The molecule has 1 heterocycles. The Balaban J connectivity index is 1.92. The first-order valence-corrected chi connectivity index (χ1v) is 8.95. The summed E-state index contributed by atoms with van der Waals surface area (Å²) >= 11 is 0. The van der Waals surface area contributed by atoms with Crippen molar-refractivity contribution in [1.29, 1.82) is 0 Å². The standard InChI is InChI=1S/C17H31N3O3/c1-14(19-16(22)23-2)15(21)18-13-17(9-5-3-6-10-17)20-11-7-4-8-12-20/h14H,3-13H2,1-2H3,(H,18,21)(H,19,22). The average Bonchev–Trinajstić information content (AvgIpc) is 2.61. The molecule has 0 aromatic carbocycles. The number of hydrogen-bond acceptors (Lipinski definition) is 4. The second kappa shape index (κ2) is 8.52. The second-order valence-corrected chi connectivity index (χ2v) is 6.91. The lowest BCUT2D eigenvalue weighted by Crippen LogP contribution is -2.59. The first-order valence-electron chi connectivity index (χ1n) is 8.95. The van der Waals surface area contributed by atoms with E-state index in [4.69, 9.17) is 0 Å². The number of methoxy groups -OCH3 is 1. The lowest BCUT2D eigenvalue weighted by molar-refractivity contribution is -0.123. The molecular formula is C17H31N3O3. The van der Waals surface area contributed by atoms with E-state index < -0.39 is 12.1 Å². The van der Waals surface area contributed by atoms with Gasteiger partial charge in [-0.05, 0) is 45.7 Å². The lowest BCUT2D eigenvalue weighted by Gasteiger charge is -2.48. The number of ether oxygens (including phenoxy) is 1. The summed E-state index contributed by atoms with van der Waals surface area (Å²) in [4.78, 5) is 26.1. The monoisotopic (exact) mass is 325 g/mol. The van der Waals surface area contributed by atoms with E-state index in [1.54, 1.807) is 6.92 Å². The number of rotatable bonds is 5. The third kappa shape index (κ3) is 4.83. The van der Waals surface area contributed by atoms with Crippen LogP contribution in [0, 0.1) is 0 Å². The topological polar surface area (TPSA) is 70.7 Å². The number of likely N-dealkylation sites (tertiary alicyclic amines) is 1. The Bertz CT molecular complexity index is 402. The highest BCUT2D eigenvalue weighted by atomic mass is 16.5. The molecule has 0 aromatic heterocycles. The molecule has 2 rings (SSSR count). The molecule has 1 atom stereocenters. The van der Waals surface area contributed by atoms with Gasteiger partial charge in [0.15, 0.2) is 0 Å². The molecule has 1 saturated carbocycles. The van der Waals surface area contributed by atoms with E-state index >= 15 is 0 Å². The summed E-state index contributed by atoms with van der Waals surface area (Å²) in [5, 5.41) is 5.59. The van der Waals surface area contributed by atoms with Crippen molar-refractivity contribution in [2.24, 2.45) is 0 Å². The van der Waals surface area contributed by atoms with Crippen LogP contribution >= 0.6 is 0 Å². The smallest absolute Gasteiger partial charge is 0.407 e. The number of carbonyl (C=O) groups excluding carboxylic acids is 2. The number of nitrogens with zero attached hydrogens (tertiary/aromatic N) is 1. The molecular weight excluding hydrogens is 294 g/mol.